The maximum atomic E-state index is 12.8. The first kappa shape index (κ1) is 68.4. The van der Waals surface area contributed by atoms with Crippen LogP contribution in [0.5, 0.6) is 0 Å². The Morgan fingerprint density at radius 1 is 0.425 bits per heavy atom. The zero-order valence-electron chi connectivity index (χ0n) is 46.7. The van der Waals surface area contributed by atoms with Crippen LogP contribution in [0.3, 0.4) is 0 Å². The largest absolute Gasteiger partial charge is 0.477 e. The Kier molecular flexibility index (Phi) is 50.4. The lowest BCUT2D eigenvalue weighted by atomic mass is 10.1. The topological polar surface area (TPSA) is 108 Å². The van der Waals surface area contributed by atoms with Gasteiger partial charge in [0.25, 0.3) is 6.29 Å². The fraction of sp³-hybridized carbons (Fsp3) is 0.609. The first-order valence-corrected chi connectivity index (χ1v) is 28.3. The molecule has 412 valence electrons. The lowest BCUT2D eigenvalue weighted by Crippen LogP contribution is -2.40. The van der Waals surface area contributed by atoms with Gasteiger partial charge in [-0.3, -0.25) is 9.59 Å². The quantitative estimate of drug-likeness (QED) is 0.0211. The molecular formula is C64H104NO8+. The van der Waals surface area contributed by atoms with Gasteiger partial charge in [0, 0.05) is 12.8 Å². The maximum Gasteiger partial charge on any atom is 0.361 e. The molecule has 0 heterocycles. The lowest BCUT2D eigenvalue weighted by Gasteiger charge is -2.25. The highest BCUT2D eigenvalue weighted by Gasteiger charge is 2.25. The summed E-state index contributed by atoms with van der Waals surface area (Å²) in [6.45, 7) is 4.63. The summed E-state index contributed by atoms with van der Waals surface area (Å²) in [4.78, 5) is 37.3. The van der Waals surface area contributed by atoms with Gasteiger partial charge in [0.05, 0.1) is 34.4 Å². The van der Waals surface area contributed by atoms with E-state index in [0.717, 1.165) is 135 Å². The zero-order valence-corrected chi connectivity index (χ0v) is 46.7. The van der Waals surface area contributed by atoms with Crippen molar-refractivity contribution in [3.05, 3.63) is 134 Å². The fourth-order valence-electron chi connectivity index (χ4n) is 7.04. The summed E-state index contributed by atoms with van der Waals surface area (Å²) in [5.41, 5.74) is 0. The second kappa shape index (κ2) is 53.7. The van der Waals surface area contributed by atoms with E-state index in [0.29, 0.717) is 17.4 Å². The Morgan fingerprint density at radius 3 is 1.16 bits per heavy atom. The van der Waals surface area contributed by atoms with Crippen LogP contribution in [-0.2, 0) is 33.3 Å². The van der Waals surface area contributed by atoms with Crippen molar-refractivity contribution in [1.82, 2.24) is 0 Å². The van der Waals surface area contributed by atoms with Gasteiger partial charge in [0.15, 0.2) is 6.10 Å². The second-order valence-electron chi connectivity index (χ2n) is 19.5. The third-order valence-electron chi connectivity index (χ3n) is 11.4. The van der Waals surface area contributed by atoms with Crippen molar-refractivity contribution in [3.8, 4) is 0 Å². The molecule has 0 aliphatic heterocycles. The molecule has 0 bridgehead atoms. The average Bonchev–Trinajstić information content (AvgIpc) is 3.36. The monoisotopic (exact) mass is 1010 g/mol. The molecule has 0 saturated carbocycles. The van der Waals surface area contributed by atoms with Crippen LogP contribution < -0.4 is 0 Å². The molecule has 0 radical (unpaired) electrons. The number of likely N-dealkylation sites (N-methyl/N-ethyl adjacent to an activating group) is 1. The van der Waals surface area contributed by atoms with E-state index in [1.54, 1.807) is 0 Å². The van der Waals surface area contributed by atoms with Crippen LogP contribution in [0.2, 0.25) is 0 Å². The predicted molar refractivity (Wildman–Crippen MR) is 308 cm³/mol. The molecule has 0 spiro atoms. The van der Waals surface area contributed by atoms with Crippen LogP contribution in [0.4, 0.5) is 0 Å². The molecule has 73 heavy (non-hydrogen) atoms. The number of hydrogen-bond acceptors (Lipinski definition) is 7. The SMILES string of the molecule is CC/C=C\C/C=C\C/C=C\C/C=C\C/C=C\C/C=C\C/C=C\C/C=C\C/C=C\CCCCCCCCCC(=O)OC(COC(=O)CCCCCCC/C=C\C/C=C\CCC)COC(OCC[N+](C)(C)C)C(=O)O. The summed E-state index contributed by atoms with van der Waals surface area (Å²) in [6.07, 6.45) is 73.9. The summed E-state index contributed by atoms with van der Waals surface area (Å²) in [6, 6.07) is 0. The van der Waals surface area contributed by atoms with Gasteiger partial charge in [0.2, 0.25) is 0 Å². The van der Waals surface area contributed by atoms with Gasteiger partial charge in [-0.1, -0.05) is 205 Å². The van der Waals surface area contributed by atoms with E-state index >= 15 is 0 Å². The summed E-state index contributed by atoms with van der Waals surface area (Å²) >= 11 is 0. The predicted octanol–water partition coefficient (Wildman–Crippen LogP) is 16.7. The van der Waals surface area contributed by atoms with Gasteiger partial charge in [-0.15, -0.1) is 0 Å². The molecule has 9 nitrogen and oxygen atoms in total. The van der Waals surface area contributed by atoms with Crippen molar-refractivity contribution in [2.45, 2.75) is 206 Å². The lowest BCUT2D eigenvalue weighted by molar-refractivity contribution is -0.870. The minimum absolute atomic E-state index is 0.176. The smallest absolute Gasteiger partial charge is 0.361 e. The third kappa shape index (κ3) is 55.0. The van der Waals surface area contributed by atoms with E-state index in [2.05, 4.69) is 148 Å². The van der Waals surface area contributed by atoms with Crippen LogP contribution in [0.25, 0.3) is 0 Å². The van der Waals surface area contributed by atoms with E-state index in [-0.39, 0.29) is 38.6 Å². The normalized spacial score (nSPS) is 13.8. The highest BCUT2D eigenvalue weighted by Crippen LogP contribution is 2.13. The number of ether oxygens (including phenoxy) is 4. The van der Waals surface area contributed by atoms with Crippen molar-refractivity contribution in [3.63, 3.8) is 0 Å². The van der Waals surface area contributed by atoms with Crippen LogP contribution in [0.1, 0.15) is 194 Å². The number of unbranched alkanes of at least 4 members (excludes halogenated alkanes) is 13. The minimum atomic E-state index is -1.52. The van der Waals surface area contributed by atoms with Crippen molar-refractivity contribution >= 4 is 17.9 Å². The number of esters is 2. The third-order valence-corrected chi connectivity index (χ3v) is 11.4. The van der Waals surface area contributed by atoms with Gasteiger partial charge >= 0.3 is 17.9 Å². The molecule has 0 aromatic heterocycles. The van der Waals surface area contributed by atoms with Gasteiger partial charge in [-0.05, 0) is 109 Å². The number of allylic oxidation sites excluding steroid dienone is 22. The molecule has 0 fully saturated rings. The maximum absolute atomic E-state index is 12.8. The number of rotatable bonds is 50. The van der Waals surface area contributed by atoms with Crippen LogP contribution in [0, 0.1) is 0 Å². The Hall–Kier alpha value is -4.57. The highest BCUT2D eigenvalue weighted by molar-refractivity contribution is 5.71. The molecule has 9 heteroatoms. The Balaban J connectivity index is 4.25. The molecule has 1 N–H and O–H groups in total. The van der Waals surface area contributed by atoms with E-state index in [1.165, 1.54) is 25.7 Å². The average molecular weight is 1020 g/mol. The summed E-state index contributed by atoms with van der Waals surface area (Å²) in [5.74, 6) is -2.06. The molecule has 0 aliphatic rings. The van der Waals surface area contributed by atoms with E-state index in [9.17, 15) is 19.5 Å². The molecule has 2 unspecified atom stereocenters. The molecule has 0 amide bonds. The highest BCUT2D eigenvalue weighted by atomic mass is 16.7. The molecule has 2 atom stereocenters. The zero-order chi connectivity index (χ0) is 53.4. The van der Waals surface area contributed by atoms with Crippen molar-refractivity contribution in [2.75, 3.05) is 47.5 Å². The van der Waals surface area contributed by atoms with Crippen LogP contribution in [0.15, 0.2) is 134 Å². The van der Waals surface area contributed by atoms with Crippen molar-refractivity contribution in [1.29, 1.82) is 0 Å². The van der Waals surface area contributed by atoms with Crippen LogP contribution in [-0.4, -0.2) is 87.4 Å². The van der Waals surface area contributed by atoms with Crippen molar-refractivity contribution < 1.29 is 42.9 Å². The number of hydrogen-bond donors (Lipinski definition) is 1. The Bertz CT molecular complexity index is 1650. The number of quaternary nitrogens is 1. The van der Waals surface area contributed by atoms with Gasteiger partial charge in [-0.25, -0.2) is 4.79 Å². The van der Waals surface area contributed by atoms with E-state index in [4.69, 9.17) is 18.9 Å². The summed E-state index contributed by atoms with van der Waals surface area (Å²) in [5, 5.41) is 9.68. The summed E-state index contributed by atoms with van der Waals surface area (Å²) < 4.78 is 22.8. The summed E-state index contributed by atoms with van der Waals surface area (Å²) in [7, 11) is 5.94. The second-order valence-corrected chi connectivity index (χ2v) is 19.5. The Labute approximate surface area is 446 Å². The molecule has 0 rings (SSSR count). The van der Waals surface area contributed by atoms with E-state index < -0.39 is 24.3 Å². The molecule has 0 saturated heterocycles. The molecule has 0 aromatic carbocycles. The first-order valence-electron chi connectivity index (χ1n) is 28.3. The number of nitrogens with zero attached hydrogens (tertiary/aromatic N) is 1. The van der Waals surface area contributed by atoms with Crippen molar-refractivity contribution in [2.24, 2.45) is 0 Å². The minimum Gasteiger partial charge on any atom is -0.477 e. The van der Waals surface area contributed by atoms with E-state index in [1.807, 2.05) is 21.1 Å². The first-order chi connectivity index (χ1) is 35.6. The number of carbonyl (C=O) groups excluding carboxylic acids is 2. The molecule has 0 aromatic rings. The van der Waals surface area contributed by atoms with Gasteiger partial charge in [-0.2, -0.15) is 0 Å². The van der Waals surface area contributed by atoms with Gasteiger partial charge < -0.3 is 28.5 Å². The molecule has 0 aliphatic carbocycles. The Morgan fingerprint density at radius 2 is 0.781 bits per heavy atom. The van der Waals surface area contributed by atoms with Gasteiger partial charge in [0.1, 0.15) is 13.2 Å². The number of aliphatic carboxylic acids is 1. The van der Waals surface area contributed by atoms with Crippen LogP contribution >= 0.6 is 0 Å². The number of carboxylic acids is 1. The molecular weight excluding hydrogens is 911 g/mol. The standard InChI is InChI=1S/C64H103NO8/c1-6-8-10-12-14-16-18-20-21-22-23-24-25-26-27-28-29-30-31-32-33-34-35-36-37-38-39-40-41-43-45-47-49-51-53-55-62(67)73-60(59-72-64(63(68)69)70-57-56-65(3,4)5)58-71-61(66)54-52-50-48-46-44-42-19-17-15-13-11-9-7-2/h8,10-11,13-14,16-17,19-21,23-24,26-27,29-30,32-33,35-36,38-39,60,64H,6-7,9,12,15,18,22,25,28,31,34,37,40-59H2,1-5H3/p+1/b10-8-,13-11-,16-14-,19-17-,21-20-,24-23-,27-26-,30-29-,33-32-,36-35-,39-38-. The fourth-order valence-corrected chi connectivity index (χ4v) is 7.04. The number of carbonyl (C=O) groups is 3. The number of carboxylic acid groups (broad SMARTS) is 1.